The normalized spacial score (nSPS) is 43.7. The number of hydrogen-bond acceptors (Lipinski definition) is 5. The van der Waals surface area contributed by atoms with Crippen LogP contribution in [-0.2, 0) is 14.3 Å². The average Bonchev–Trinajstić information content (AvgIpc) is 2.99. The quantitative estimate of drug-likeness (QED) is 0.175. The van der Waals surface area contributed by atoms with Crippen LogP contribution in [0, 0.1) is 56.7 Å². The van der Waals surface area contributed by atoms with E-state index in [0.717, 1.165) is 44.1 Å². The Morgan fingerprint density at radius 1 is 0.933 bits per heavy atom. The molecule has 5 aliphatic rings. The largest absolute Gasteiger partial charge is 0.508 e. The van der Waals surface area contributed by atoms with Crippen molar-refractivity contribution in [3.63, 3.8) is 0 Å². The number of hydrogen-bond donors (Lipinski definition) is 3. The van der Waals surface area contributed by atoms with E-state index in [1.807, 2.05) is 0 Å². The molecule has 6 heteroatoms. The Labute approximate surface area is 269 Å². The van der Waals surface area contributed by atoms with Crippen molar-refractivity contribution in [3.05, 3.63) is 47.6 Å². The van der Waals surface area contributed by atoms with Crippen LogP contribution in [0.4, 0.5) is 0 Å². The fourth-order valence-corrected chi connectivity index (χ4v) is 12.0. The van der Waals surface area contributed by atoms with Crippen molar-refractivity contribution in [1.82, 2.24) is 0 Å². The molecule has 4 fully saturated rings. The number of rotatable bonds is 5. The number of ether oxygens (including phenoxy) is 1. The van der Waals surface area contributed by atoms with Gasteiger partial charge in [-0.3, -0.25) is 4.79 Å². The lowest BCUT2D eigenvalue weighted by Gasteiger charge is -2.71. The first kappa shape index (κ1) is 32.3. The lowest BCUT2D eigenvalue weighted by Crippen LogP contribution is -2.67. The van der Waals surface area contributed by atoms with Crippen LogP contribution in [0.25, 0.3) is 6.08 Å². The molecular formula is C39H54O6. The van der Waals surface area contributed by atoms with Gasteiger partial charge in [0, 0.05) is 11.5 Å². The Morgan fingerprint density at radius 3 is 2.33 bits per heavy atom. The van der Waals surface area contributed by atoms with Crippen molar-refractivity contribution >= 4 is 18.0 Å². The standard InChI is InChI=1S/C39H54O6/c1-24-15-20-38(34(43)44)21-22-39(23-45-32(42)14-9-26-7-10-27(40)11-8-26)28(33(38)25(24)2)12-13-30-36(5)18-17-31(41)35(3,4)29(36)16-19-37(30,39)6/h7-12,14,24-25,29-31,33,40-41H,13,15-23H2,1-6H3,(H,43,44). The Morgan fingerprint density at radius 2 is 1.64 bits per heavy atom. The van der Waals surface area contributed by atoms with Gasteiger partial charge in [0.2, 0.25) is 0 Å². The van der Waals surface area contributed by atoms with Gasteiger partial charge < -0.3 is 20.1 Å². The monoisotopic (exact) mass is 618 g/mol. The average molecular weight is 619 g/mol. The summed E-state index contributed by atoms with van der Waals surface area (Å²) in [4.78, 5) is 26.5. The van der Waals surface area contributed by atoms with Crippen molar-refractivity contribution in [3.8, 4) is 5.75 Å². The number of carboxylic acid groups (broad SMARTS) is 1. The van der Waals surface area contributed by atoms with Gasteiger partial charge in [0.1, 0.15) is 12.4 Å². The molecule has 3 N–H and O–H groups in total. The van der Waals surface area contributed by atoms with E-state index < -0.39 is 22.8 Å². The molecule has 6 nitrogen and oxygen atoms in total. The molecule has 0 heterocycles. The van der Waals surface area contributed by atoms with Crippen LogP contribution in [0.15, 0.2) is 42.0 Å². The number of allylic oxidation sites excluding steroid dienone is 1. The molecule has 5 aliphatic carbocycles. The van der Waals surface area contributed by atoms with Crippen LogP contribution in [0.2, 0.25) is 0 Å². The van der Waals surface area contributed by atoms with Gasteiger partial charge in [-0.05, 0) is 127 Å². The van der Waals surface area contributed by atoms with Crippen LogP contribution in [-0.4, -0.2) is 40.0 Å². The van der Waals surface area contributed by atoms with Gasteiger partial charge in [0.15, 0.2) is 0 Å². The molecule has 10 atom stereocenters. The predicted molar refractivity (Wildman–Crippen MR) is 175 cm³/mol. The van der Waals surface area contributed by atoms with E-state index in [2.05, 4.69) is 47.6 Å². The van der Waals surface area contributed by atoms with E-state index in [0.29, 0.717) is 37.0 Å². The number of esters is 1. The number of fused-ring (bicyclic) bond motifs is 7. The number of phenols is 1. The van der Waals surface area contributed by atoms with Crippen LogP contribution in [0.1, 0.15) is 105 Å². The summed E-state index contributed by atoms with van der Waals surface area (Å²) in [7, 11) is 0. The summed E-state index contributed by atoms with van der Waals surface area (Å²) in [6.45, 7) is 14.2. The minimum atomic E-state index is -0.773. The number of carbonyl (C=O) groups excluding carboxylic acids is 1. The van der Waals surface area contributed by atoms with Crippen LogP contribution in [0.3, 0.4) is 0 Å². The number of aliphatic hydroxyl groups is 1. The predicted octanol–water partition coefficient (Wildman–Crippen LogP) is 8.03. The fraction of sp³-hybridized carbons (Fsp3) is 0.692. The number of carbonyl (C=O) groups is 2. The first-order chi connectivity index (χ1) is 21.1. The maximum absolute atomic E-state index is 13.3. The third-order valence-electron chi connectivity index (χ3n) is 14.8. The van der Waals surface area contributed by atoms with Crippen LogP contribution in [0.5, 0.6) is 5.75 Å². The van der Waals surface area contributed by atoms with Gasteiger partial charge in [0.05, 0.1) is 11.5 Å². The fourth-order valence-electron chi connectivity index (χ4n) is 12.0. The van der Waals surface area contributed by atoms with Gasteiger partial charge in [0.25, 0.3) is 0 Å². The molecular weight excluding hydrogens is 564 g/mol. The van der Waals surface area contributed by atoms with Crippen LogP contribution >= 0.6 is 0 Å². The number of phenolic OH excluding ortho intramolecular Hbond substituents is 1. The SMILES string of the molecule is CC1CCC2(C(=O)O)CCC3(COC(=O)C=Cc4ccc(O)cc4)C(=CCC4C5(C)CCC(O)C(C)(C)C5CCC43C)C2C1C. The molecule has 4 saturated carbocycles. The summed E-state index contributed by atoms with van der Waals surface area (Å²) in [5.74, 6) is 0.422. The number of carboxylic acids is 1. The van der Waals surface area contributed by atoms with Gasteiger partial charge in [-0.25, -0.2) is 4.79 Å². The first-order valence-electron chi connectivity index (χ1n) is 17.4. The topological polar surface area (TPSA) is 104 Å². The number of aromatic hydroxyl groups is 1. The molecule has 0 amide bonds. The smallest absolute Gasteiger partial charge is 0.330 e. The van der Waals surface area contributed by atoms with E-state index in [4.69, 9.17) is 4.74 Å². The molecule has 0 aliphatic heterocycles. The van der Waals surface area contributed by atoms with E-state index in [-0.39, 0.29) is 46.5 Å². The third kappa shape index (κ3) is 4.66. The van der Waals surface area contributed by atoms with E-state index in [9.17, 15) is 24.9 Å². The van der Waals surface area contributed by atoms with Gasteiger partial charge in [-0.1, -0.05) is 65.3 Å². The molecule has 246 valence electrons. The number of aliphatic carboxylic acids is 1. The molecule has 0 saturated heterocycles. The molecule has 10 unspecified atom stereocenters. The van der Waals surface area contributed by atoms with E-state index in [1.165, 1.54) is 11.6 Å². The zero-order valence-electron chi connectivity index (χ0n) is 28.1. The van der Waals surface area contributed by atoms with Crippen molar-refractivity contribution < 1.29 is 29.6 Å². The molecule has 0 radical (unpaired) electrons. The lowest BCUT2D eigenvalue weighted by molar-refractivity contribution is -0.218. The second kappa shape index (κ2) is 11.0. The summed E-state index contributed by atoms with van der Waals surface area (Å²) < 4.78 is 6.26. The summed E-state index contributed by atoms with van der Waals surface area (Å²) in [5, 5.41) is 31.6. The van der Waals surface area contributed by atoms with Crippen molar-refractivity contribution in [2.24, 2.45) is 56.7 Å². The second-order valence-corrected chi connectivity index (χ2v) is 16.8. The maximum Gasteiger partial charge on any atom is 0.330 e. The molecule has 0 spiro atoms. The highest BCUT2D eigenvalue weighted by atomic mass is 16.5. The summed E-state index contributed by atoms with van der Waals surface area (Å²) in [6, 6.07) is 6.70. The Bertz CT molecular complexity index is 1390. The van der Waals surface area contributed by atoms with E-state index >= 15 is 0 Å². The molecule has 0 bridgehead atoms. The van der Waals surface area contributed by atoms with Crippen molar-refractivity contribution in [2.75, 3.05) is 6.61 Å². The van der Waals surface area contributed by atoms with Crippen molar-refractivity contribution in [2.45, 2.75) is 105 Å². The summed E-state index contributed by atoms with van der Waals surface area (Å²) in [6.07, 6.45) is 12.9. The van der Waals surface area contributed by atoms with Crippen LogP contribution < -0.4 is 0 Å². The maximum atomic E-state index is 13.3. The van der Waals surface area contributed by atoms with Gasteiger partial charge in [-0.15, -0.1) is 0 Å². The van der Waals surface area contributed by atoms with E-state index in [1.54, 1.807) is 30.3 Å². The zero-order chi connectivity index (χ0) is 32.6. The number of benzene rings is 1. The Balaban J connectivity index is 1.42. The Kier molecular flexibility index (Phi) is 7.90. The molecule has 1 aromatic carbocycles. The summed E-state index contributed by atoms with van der Waals surface area (Å²) in [5.41, 5.74) is 0.520. The highest BCUT2D eigenvalue weighted by Gasteiger charge is 2.71. The Hall–Kier alpha value is -2.60. The molecule has 6 rings (SSSR count). The lowest BCUT2D eigenvalue weighted by atomic mass is 9.33. The highest BCUT2D eigenvalue weighted by molar-refractivity contribution is 5.87. The third-order valence-corrected chi connectivity index (χ3v) is 14.8. The number of aliphatic hydroxyl groups excluding tert-OH is 1. The van der Waals surface area contributed by atoms with Crippen molar-refractivity contribution in [1.29, 1.82) is 0 Å². The summed E-state index contributed by atoms with van der Waals surface area (Å²) >= 11 is 0. The molecule has 0 aromatic heterocycles. The first-order valence-corrected chi connectivity index (χ1v) is 17.4. The molecule has 45 heavy (non-hydrogen) atoms. The minimum absolute atomic E-state index is 0.0281. The second-order valence-electron chi connectivity index (χ2n) is 16.8. The highest BCUT2D eigenvalue weighted by Crippen LogP contribution is 2.76. The van der Waals surface area contributed by atoms with Gasteiger partial charge in [-0.2, -0.15) is 0 Å². The zero-order valence-corrected chi connectivity index (χ0v) is 28.1. The minimum Gasteiger partial charge on any atom is -0.508 e. The molecule has 1 aromatic rings. The van der Waals surface area contributed by atoms with Gasteiger partial charge >= 0.3 is 11.9 Å².